The number of carbonyl (C=O) groups excluding carboxylic acids is 1. The fourth-order valence-corrected chi connectivity index (χ4v) is 2.75. The summed E-state index contributed by atoms with van der Waals surface area (Å²) >= 11 is 1.45. The molecule has 5 heteroatoms. The Kier molecular flexibility index (Phi) is 4.84. The first-order valence-corrected chi connectivity index (χ1v) is 7.61. The number of thioether (sulfide) groups is 1. The molecule has 4 nitrogen and oxygen atoms in total. The van der Waals surface area contributed by atoms with Crippen molar-refractivity contribution in [3.05, 3.63) is 41.7 Å². The second-order valence-electron chi connectivity index (χ2n) is 4.54. The molecule has 2 rings (SSSR count). The van der Waals surface area contributed by atoms with Gasteiger partial charge in [0.15, 0.2) is 5.16 Å². The molecule has 1 amide bonds. The highest BCUT2D eigenvalue weighted by atomic mass is 32.2. The van der Waals surface area contributed by atoms with E-state index < -0.39 is 0 Å². The second-order valence-corrected chi connectivity index (χ2v) is 5.48. The van der Waals surface area contributed by atoms with Crippen LogP contribution >= 0.6 is 11.8 Å². The number of aromatic nitrogens is 2. The Labute approximate surface area is 123 Å². The second kappa shape index (κ2) is 6.61. The van der Waals surface area contributed by atoms with E-state index in [-0.39, 0.29) is 5.91 Å². The molecule has 0 radical (unpaired) electrons. The quantitative estimate of drug-likeness (QED) is 0.861. The lowest BCUT2D eigenvalue weighted by molar-refractivity contribution is -0.118. The maximum absolute atomic E-state index is 11.5. The van der Waals surface area contributed by atoms with E-state index in [0.717, 1.165) is 10.8 Å². The summed E-state index contributed by atoms with van der Waals surface area (Å²) in [5.41, 5.74) is 3.59. The molecule has 2 aromatic rings. The van der Waals surface area contributed by atoms with Crippen molar-refractivity contribution in [3.8, 4) is 5.69 Å². The van der Waals surface area contributed by atoms with Gasteiger partial charge in [-0.2, -0.15) is 0 Å². The molecule has 0 bridgehead atoms. The minimum atomic E-state index is 0.0352. The fraction of sp³-hybridized carbons (Fsp3) is 0.333. The van der Waals surface area contributed by atoms with Crippen LogP contribution in [-0.2, 0) is 4.79 Å². The van der Waals surface area contributed by atoms with Crippen molar-refractivity contribution in [2.45, 2.75) is 25.9 Å². The summed E-state index contributed by atoms with van der Waals surface area (Å²) in [6, 6.07) is 6.20. The van der Waals surface area contributed by atoms with E-state index in [1.807, 2.05) is 23.8 Å². The number of nitrogens with one attached hydrogen (secondary N) is 1. The molecular weight excluding hydrogens is 270 g/mol. The Morgan fingerprint density at radius 2 is 2.20 bits per heavy atom. The van der Waals surface area contributed by atoms with Crippen molar-refractivity contribution in [1.82, 2.24) is 14.9 Å². The molecule has 106 valence electrons. The summed E-state index contributed by atoms with van der Waals surface area (Å²) in [6.07, 6.45) is 3.70. The van der Waals surface area contributed by atoms with Gasteiger partial charge in [-0.05, 0) is 38.0 Å². The molecule has 1 N–H and O–H groups in total. The van der Waals surface area contributed by atoms with Crippen molar-refractivity contribution < 1.29 is 4.79 Å². The number of rotatable bonds is 5. The van der Waals surface area contributed by atoms with Gasteiger partial charge in [0.2, 0.25) is 5.91 Å². The van der Waals surface area contributed by atoms with Crippen LogP contribution in [0.2, 0.25) is 0 Å². The molecule has 0 aliphatic carbocycles. The van der Waals surface area contributed by atoms with Crippen molar-refractivity contribution in [2.75, 3.05) is 12.3 Å². The lowest BCUT2D eigenvalue weighted by atomic mass is 10.1. The fourth-order valence-electron chi connectivity index (χ4n) is 1.95. The van der Waals surface area contributed by atoms with Crippen molar-refractivity contribution in [3.63, 3.8) is 0 Å². The predicted molar refractivity (Wildman–Crippen MR) is 82.4 cm³/mol. The summed E-state index contributed by atoms with van der Waals surface area (Å²) < 4.78 is 2.03. The SMILES string of the molecule is CCNC(=O)CSc1nccn1-c1cccc(C)c1C. The molecule has 0 saturated heterocycles. The van der Waals surface area contributed by atoms with Gasteiger partial charge in [0.1, 0.15) is 0 Å². The maximum atomic E-state index is 11.5. The number of hydrogen-bond donors (Lipinski definition) is 1. The van der Waals surface area contributed by atoms with Crippen molar-refractivity contribution >= 4 is 17.7 Å². The van der Waals surface area contributed by atoms with E-state index in [2.05, 4.69) is 36.3 Å². The Morgan fingerprint density at radius 3 is 2.95 bits per heavy atom. The van der Waals surface area contributed by atoms with Crippen LogP contribution in [0.1, 0.15) is 18.1 Å². The number of imidazole rings is 1. The van der Waals surface area contributed by atoms with E-state index >= 15 is 0 Å². The van der Waals surface area contributed by atoms with E-state index in [9.17, 15) is 4.79 Å². The molecule has 20 heavy (non-hydrogen) atoms. The highest BCUT2D eigenvalue weighted by molar-refractivity contribution is 7.99. The zero-order valence-corrected chi connectivity index (χ0v) is 12.8. The van der Waals surface area contributed by atoms with Crippen LogP contribution < -0.4 is 5.32 Å². The zero-order chi connectivity index (χ0) is 14.5. The van der Waals surface area contributed by atoms with E-state index in [1.54, 1.807) is 6.20 Å². The van der Waals surface area contributed by atoms with Crippen LogP contribution in [0.4, 0.5) is 0 Å². The standard InChI is InChI=1S/C15H19N3OS/c1-4-16-14(19)10-20-15-17-8-9-18(15)13-7-5-6-11(2)12(13)3/h5-9H,4,10H2,1-3H3,(H,16,19). The molecule has 0 aliphatic heterocycles. The summed E-state index contributed by atoms with van der Waals surface area (Å²) in [6.45, 7) is 6.77. The lowest BCUT2D eigenvalue weighted by Crippen LogP contribution is -2.24. The van der Waals surface area contributed by atoms with Crippen LogP contribution in [0, 0.1) is 13.8 Å². The molecule has 0 saturated carbocycles. The maximum Gasteiger partial charge on any atom is 0.230 e. The Hall–Kier alpha value is -1.75. The molecular formula is C15H19N3OS. The molecule has 0 spiro atoms. The van der Waals surface area contributed by atoms with Gasteiger partial charge in [0, 0.05) is 18.9 Å². The smallest absolute Gasteiger partial charge is 0.230 e. The summed E-state index contributed by atoms with van der Waals surface area (Å²) in [7, 11) is 0. The zero-order valence-electron chi connectivity index (χ0n) is 12.0. The minimum absolute atomic E-state index is 0.0352. The topological polar surface area (TPSA) is 46.9 Å². The molecule has 0 aliphatic rings. The van der Waals surface area contributed by atoms with Crippen LogP contribution in [0.3, 0.4) is 0 Å². The molecule has 1 aromatic carbocycles. The molecule has 1 aromatic heterocycles. The Bertz CT molecular complexity index is 607. The van der Waals surface area contributed by atoms with E-state index in [4.69, 9.17) is 0 Å². The van der Waals surface area contributed by atoms with Crippen LogP contribution in [0.15, 0.2) is 35.7 Å². The van der Waals surface area contributed by atoms with Gasteiger partial charge in [-0.1, -0.05) is 23.9 Å². The third-order valence-corrected chi connectivity index (χ3v) is 4.12. The van der Waals surface area contributed by atoms with Gasteiger partial charge in [0.25, 0.3) is 0 Å². The summed E-state index contributed by atoms with van der Waals surface area (Å²) in [5.74, 6) is 0.420. The van der Waals surface area contributed by atoms with E-state index in [1.165, 1.54) is 22.9 Å². The Morgan fingerprint density at radius 1 is 1.40 bits per heavy atom. The van der Waals surface area contributed by atoms with Gasteiger partial charge < -0.3 is 5.32 Å². The molecule has 1 heterocycles. The van der Waals surface area contributed by atoms with Gasteiger partial charge in [-0.3, -0.25) is 9.36 Å². The first kappa shape index (κ1) is 14.7. The molecule has 0 fully saturated rings. The molecule has 0 unspecified atom stereocenters. The number of carbonyl (C=O) groups is 1. The van der Waals surface area contributed by atoms with Crippen molar-refractivity contribution in [2.24, 2.45) is 0 Å². The van der Waals surface area contributed by atoms with Gasteiger partial charge in [0.05, 0.1) is 11.4 Å². The summed E-state index contributed by atoms with van der Waals surface area (Å²) in [4.78, 5) is 15.9. The number of aryl methyl sites for hydroxylation is 1. The van der Waals surface area contributed by atoms with Crippen molar-refractivity contribution in [1.29, 1.82) is 0 Å². The third kappa shape index (κ3) is 3.22. The average Bonchev–Trinajstić information content (AvgIpc) is 2.88. The van der Waals surface area contributed by atoms with E-state index in [0.29, 0.717) is 12.3 Å². The first-order chi connectivity index (χ1) is 9.63. The van der Waals surface area contributed by atoms with Crippen LogP contribution in [0.5, 0.6) is 0 Å². The first-order valence-electron chi connectivity index (χ1n) is 6.63. The van der Waals surface area contributed by atoms with Crippen LogP contribution in [0.25, 0.3) is 5.69 Å². The van der Waals surface area contributed by atoms with Gasteiger partial charge >= 0.3 is 0 Å². The summed E-state index contributed by atoms with van der Waals surface area (Å²) in [5, 5.41) is 3.63. The largest absolute Gasteiger partial charge is 0.356 e. The molecule has 0 atom stereocenters. The van der Waals surface area contributed by atoms with Gasteiger partial charge in [-0.15, -0.1) is 0 Å². The van der Waals surface area contributed by atoms with Gasteiger partial charge in [-0.25, -0.2) is 4.98 Å². The predicted octanol–water partition coefficient (Wildman–Crippen LogP) is 2.72. The lowest BCUT2D eigenvalue weighted by Gasteiger charge is -2.12. The Balaban J connectivity index is 2.20. The van der Waals surface area contributed by atoms with Crippen LogP contribution in [-0.4, -0.2) is 27.8 Å². The highest BCUT2D eigenvalue weighted by Gasteiger charge is 2.10. The minimum Gasteiger partial charge on any atom is -0.356 e. The number of hydrogen-bond acceptors (Lipinski definition) is 3. The number of nitrogens with zero attached hydrogens (tertiary/aromatic N) is 2. The monoisotopic (exact) mass is 289 g/mol. The number of benzene rings is 1. The number of amides is 1. The average molecular weight is 289 g/mol. The highest BCUT2D eigenvalue weighted by Crippen LogP contribution is 2.23. The third-order valence-electron chi connectivity index (χ3n) is 3.15. The normalized spacial score (nSPS) is 10.6.